The molecular formula is C10H12N4O3. The molecule has 0 aromatic carbocycles. The van der Waals surface area contributed by atoms with E-state index in [1.54, 1.807) is 6.92 Å². The number of nitrogens with one attached hydrogen (secondary N) is 1. The topological polar surface area (TPSA) is 100 Å². The van der Waals surface area contributed by atoms with Crippen LogP contribution in [0.1, 0.15) is 24.0 Å². The van der Waals surface area contributed by atoms with Gasteiger partial charge in [0.1, 0.15) is 12.2 Å². The molecule has 2 N–H and O–H groups in total. The first-order valence-electron chi connectivity index (χ1n) is 5.21. The monoisotopic (exact) mass is 236 g/mol. The average molecular weight is 236 g/mol. The summed E-state index contributed by atoms with van der Waals surface area (Å²) < 4.78 is 1.18. The third-order valence-corrected chi connectivity index (χ3v) is 2.51. The maximum absolute atomic E-state index is 12.0. The van der Waals surface area contributed by atoms with Gasteiger partial charge in [0.05, 0.1) is 5.69 Å². The van der Waals surface area contributed by atoms with Crippen LogP contribution >= 0.6 is 0 Å². The molecule has 0 saturated heterocycles. The van der Waals surface area contributed by atoms with Gasteiger partial charge < -0.3 is 5.11 Å². The molecule has 0 atom stereocenters. The van der Waals surface area contributed by atoms with Gasteiger partial charge in [0, 0.05) is 5.56 Å². The van der Waals surface area contributed by atoms with Crippen molar-refractivity contribution >= 4 is 11.7 Å². The highest BCUT2D eigenvalue weighted by atomic mass is 16.4. The van der Waals surface area contributed by atoms with Crippen LogP contribution in [-0.4, -0.2) is 30.7 Å². The second-order valence-corrected chi connectivity index (χ2v) is 3.71. The van der Waals surface area contributed by atoms with E-state index >= 15 is 0 Å². The fourth-order valence-corrected chi connectivity index (χ4v) is 1.73. The molecule has 2 heterocycles. The number of H-pyrrole nitrogens is 1. The maximum atomic E-state index is 12.0. The third kappa shape index (κ3) is 1.91. The Morgan fingerprint density at radius 3 is 2.76 bits per heavy atom. The molecule has 0 fully saturated rings. The molecule has 0 saturated carbocycles. The lowest BCUT2D eigenvalue weighted by Crippen LogP contribution is -2.21. The zero-order chi connectivity index (χ0) is 12.6. The molecule has 0 aliphatic rings. The number of carbonyl (C=O) groups is 1. The van der Waals surface area contributed by atoms with Crippen LogP contribution in [0.25, 0.3) is 5.78 Å². The first kappa shape index (κ1) is 11.3. The van der Waals surface area contributed by atoms with Gasteiger partial charge in [-0.05, 0) is 13.3 Å². The number of carboxylic acids is 1. The van der Waals surface area contributed by atoms with Crippen LogP contribution in [0.4, 0.5) is 0 Å². The van der Waals surface area contributed by atoms with E-state index in [1.807, 2.05) is 6.92 Å². The number of aromatic amines is 1. The number of aryl methyl sites for hydroxylation is 1. The van der Waals surface area contributed by atoms with Gasteiger partial charge >= 0.3 is 5.97 Å². The highest BCUT2D eigenvalue weighted by Crippen LogP contribution is 2.03. The Balaban J connectivity index is 2.65. The number of hydrogen-bond donors (Lipinski definition) is 2. The summed E-state index contributed by atoms with van der Waals surface area (Å²) >= 11 is 0. The van der Waals surface area contributed by atoms with E-state index in [0.29, 0.717) is 17.7 Å². The zero-order valence-electron chi connectivity index (χ0n) is 9.52. The Morgan fingerprint density at radius 2 is 2.18 bits per heavy atom. The van der Waals surface area contributed by atoms with Crippen molar-refractivity contribution in [2.45, 2.75) is 26.7 Å². The summed E-state index contributed by atoms with van der Waals surface area (Å²) in [4.78, 5) is 30.7. The third-order valence-electron chi connectivity index (χ3n) is 2.51. The van der Waals surface area contributed by atoms with Gasteiger partial charge in [-0.3, -0.25) is 14.7 Å². The highest BCUT2D eigenvalue weighted by Gasteiger charge is 2.12. The van der Waals surface area contributed by atoms with E-state index in [0.717, 1.165) is 0 Å². The van der Waals surface area contributed by atoms with Gasteiger partial charge in [-0.25, -0.2) is 4.98 Å². The Kier molecular flexibility index (Phi) is 2.66. The molecule has 0 spiro atoms. The molecule has 0 bridgehead atoms. The van der Waals surface area contributed by atoms with Gasteiger partial charge in [-0.1, -0.05) is 6.92 Å². The van der Waals surface area contributed by atoms with E-state index in [9.17, 15) is 9.59 Å². The molecule has 2 rings (SSSR count). The number of fused-ring (bicyclic) bond motifs is 1. The summed E-state index contributed by atoms with van der Waals surface area (Å²) in [7, 11) is 0. The number of carboxylic acid groups (broad SMARTS) is 1. The van der Waals surface area contributed by atoms with Crippen molar-refractivity contribution in [3.05, 3.63) is 27.4 Å². The number of aliphatic carboxylic acids is 1. The van der Waals surface area contributed by atoms with Gasteiger partial charge in [-0.15, -0.1) is 0 Å². The standard InChI is InChI=1S/C10H12N4O3/c1-3-6-5(2)11-10-12-7(4-8(15)16)13-14(10)9(6)17/h3-4H2,1-2H3,(H,15,16)(H,11,12,13). The summed E-state index contributed by atoms with van der Waals surface area (Å²) in [6.07, 6.45) is 0.317. The predicted octanol–water partition coefficient (Wildman–Crippen LogP) is -0.0845. The lowest BCUT2D eigenvalue weighted by molar-refractivity contribution is -0.136. The molecule has 90 valence electrons. The van der Waals surface area contributed by atoms with Gasteiger partial charge in [0.25, 0.3) is 11.3 Å². The minimum atomic E-state index is -1.01. The first-order valence-corrected chi connectivity index (χ1v) is 5.21. The Labute approximate surface area is 96.1 Å². The molecule has 0 unspecified atom stereocenters. The van der Waals surface area contributed by atoms with E-state index in [2.05, 4.69) is 15.1 Å². The fourth-order valence-electron chi connectivity index (χ4n) is 1.73. The fraction of sp³-hybridized carbons (Fsp3) is 0.400. The van der Waals surface area contributed by atoms with Gasteiger partial charge in [0.15, 0.2) is 0 Å². The lowest BCUT2D eigenvalue weighted by atomic mass is 10.2. The summed E-state index contributed by atoms with van der Waals surface area (Å²) in [5.74, 6) is -0.583. The molecule has 0 aliphatic carbocycles. The van der Waals surface area contributed by atoms with Crippen molar-refractivity contribution in [2.75, 3.05) is 0 Å². The molecule has 0 aliphatic heterocycles. The summed E-state index contributed by atoms with van der Waals surface area (Å²) in [6, 6.07) is 0. The van der Waals surface area contributed by atoms with Crippen molar-refractivity contribution in [1.82, 2.24) is 19.6 Å². The van der Waals surface area contributed by atoms with Crippen LogP contribution in [0.15, 0.2) is 4.79 Å². The minimum Gasteiger partial charge on any atom is -0.481 e. The van der Waals surface area contributed by atoms with Crippen LogP contribution < -0.4 is 5.56 Å². The molecule has 0 radical (unpaired) electrons. The minimum absolute atomic E-state index is 0.209. The van der Waals surface area contributed by atoms with Gasteiger partial charge in [-0.2, -0.15) is 9.50 Å². The summed E-state index contributed by atoms with van der Waals surface area (Å²) in [5, 5.41) is 11.3. The zero-order valence-corrected chi connectivity index (χ0v) is 9.52. The van der Waals surface area contributed by atoms with E-state index in [1.165, 1.54) is 4.52 Å². The second-order valence-electron chi connectivity index (χ2n) is 3.71. The molecule has 0 amide bonds. The first-order chi connectivity index (χ1) is 8.02. The van der Waals surface area contributed by atoms with E-state index in [-0.39, 0.29) is 23.6 Å². The van der Waals surface area contributed by atoms with Crippen molar-refractivity contribution in [2.24, 2.45) is 0 Å². The number of rotatable bonds is 3. The average Bonchev–Trinajstić information content (AvgIpc) is 2.60. The van der Waals surface area contributed by atoms with Crippen LogP contribution in [0.2, 0.25) is 0 Å². The number of hydrogen-bond acceptors (Lipinski definition) is 4. The van der Waals surface area contributed by atoms with E-state index < -0.39 is 5.97 Å². The molecule has 2 aromatic heterocycles. The summed E-state index contributed by atoms with van der Waals surface area (Å²) in [5.41, 5.74) is 1.01. The lowest BCUT2D eigenvalue weighted by Gasteiger charge is -2.00. The quantitative estimate of drug-likeness (QED) is 0.776. The van der Waals surface area contributed by atoms with Crippen molar-refractivity contribution in [1.29, 1.82) is 0 Å². The van der Waals surface area contributed by atoms with Crippen molar-refractivity contribution < 1.29 is 9.90 Å². The maximum Gasteiger partial charge on any atom is 0.311 e. The van der Waals surface area contributed by atoms with Crippen molar-refractivity contribution in [3.8, 4) is 0 Å². The summed E-state index contributed by atoms with van der Waals surface area (Å²) in [6.45, 7) is 3.61. The smallest absolute Gasteiger partial charge is 0.311 e. The number of nitrogens with zero attached hydrogens (tertiary/aromatic N) is 3. The molecule has 7 heteroatoms. The molecule has 7 nitrogen and oxygen atoms in total. The highest BCUT2D eigenvalue weighted by molar-refractivity contribution is 5.69. The van der Waals surface area contributed by atoms with Crippen molar-refractivity contribution in [3.63, 3.8) is 0 Å². The van der Waals surface area contributed by atoms with Crippen LogP contribution in [-0.2, 0) is 17.6 Å². The SMILES string of the molecule is CCc1c(C)nc2nc(CC(=O)O)[nH]n2c1=O. The molecule has 2 aromatic rings. The molecule has 17 heavy (non-hydrogen) atoms. The Morgan fingerprint density at radius 1 is 1.47 bits per heavy atom. The Hall–Kier alpha value is -2.18. The van der Waals surface area contributed by atoms with Crippen LogP contribution in [0.3, 0.4) is 0 Å². The van der Waals surface area contributed by atoms with Crippen LogP contribution in [0, 0.1) is 6.92 Å². The predicted molar refractivity (Wildman–Crippen MR) is 59.1 cm³/mol. The van der Waals surface area contributed by atoms with Crippen LogP contribution in [0.5, 0.6) is 0 Å². The molecular weight excluding hydrogens is 224 g/mol. The largest absolute Gasteiger partial charge is 0.481 e. The van der Waals surface area contributed by atoms with E-state index in [4.69, 9.17) is 5.11 Å². The Bertz CT molecular complexity index is 641. The number of aromatic nitrogens is 4. The second kappa shape index (κ2) is 4.00. The normalized spacial score (nSPS) is 10.9. The van der Waals surface area contributed by atoms with Gasteiger partial charge in [0.2, 0.25) is 0 Å².